The van der Waals surface area contributed by atoms with Crippen molar-refractivity contribution >= 4 is 0 Å². The van der Waals surface area contributed by atoms with Crippen LogP contribution in [0, 0.1) is 5.92 Å². The zero-order valence-corrected chi connectivity index (χ0v) is 13.0. The average Bonchev–Trinajstić information content (AvgIpc) is 2.48. The molecule has 4 heteroatoms. The third-order valence-corrected chi connectivity index (χ3v) is 5.46. The third kappa shape index (κ3) is 3.94. The minimum absolute atomic E-state index is 0.477. The van der Waals surface area contributed by atoms with Crippen LogP contribution in [0.25, 0.3) is 0 Å². The second-order valence-electron chi connectivity index (χ2n) is 7.10. The molecule has 116 valence electrons. The zero-order valence-electron chi connectivity index (χ0n) is 13.0. The van der Waals surface area contributed by atoms with E-state index in [2.05, 4.69) is 28.2 Å². The monoisotopic (exact) mass is 280 g/mol. The lowest BCUT2D eigenvalue weighted by Gasteiger charge is -2.43. The highest BCUT2D eigenvalue weighted by atomic mass is 15.3. The number of hydrogen-bond acceptors (Lipinski definition) is 4. The quantitative estimate of drug-likeness (QED) is 0.594. The van der Waals surface area contributed by atoms with Gasteiger partial charge >= 0.3 is 0 Å². The fourth-order valence-electron chi connectivity index (χ4n) is 4.13. The summed E-state index contributed by atoms with van der Waals surface area (Å²) in [6.45, 7) is 3.26. The Balaban J connectivity index is 1.36. The fourth-order valence-corrected chi connectivity index (χ4v) is 4.13. The van der Waals surface area contributed by atoms with Crippen LogP contribution in [0.2, 0.25) is 0 Å². The van der Waals surface area contributed by atoms with Crippen LogP contribution < -0.4 is 21.3 Å². The topological polar surface area (TPSA) is 48.1 Å². The molecule has 0 amide bonds. The van der Waals surface area contributed by atoms with Crippen molar-refractivity contribution in [3.05, 3.63) is 0 Å². The predicted molar refractivity (Wildman–Crippen MR) is 83.3 cm³/mol. The molecular formula is C16H32N4. The Bertz CT molecular complexity index is 290. The number of rotatable bonds is 4. The largest absolute Gasteiger partial charge is 0.302 e. The van der Waals surface area contributed by atoms with Crippen LogP contribution in [0.15, 0.2) is 0 Å². The lowest BCUT2D eigenvalue weighted by molar-refractivity contribution is 0.123. The fraction of sp³-hybridized carbons (Fsp3) is 1.00. The Labute approximate surface area is 123 Å². The molecular weight excluding hydrogens is 248 g/mol. The van der Waals surface area contributed by atoms with Crippen LogP contribution in [0.1, 0.15) is 64.7 Å². The normalized spacial score (nSPS) is 39.5. The molecule has 4 N–H and O–H groups in total. The van der Waals surface area contributed by atoms with Gasteiger partial charge in [-0.3, -0.25) is 16.0 Å². The van der Waals surface area contributed by atoms with Gasteiger partial charge in [0.05, 0.1) is 12.3 Å². The first-order valence-corrected chi connectivity index (χ1v) is 8.80. The summed E-state index contributed by atoms with van der Waals surface area (Å²) in [6, 6.07) is 1.42. The molecule has 0 radical (unpaired) electrons. The molecule has 4 nitrogen and oxygen atoms in total. The van der Waals surface area contributed by atoms with Crippen LogP contribution in [0.4, 0.5) is 0 Å². The van der Waals surface area contributed by atoms with Gasteiger partial charge in [0, 0.05) is 18.8 Å². The Hall–Kier alpha value is -0.160. The second kappa shape index (κ2) is 7.21. The lowest BCUT2D eigenvalue weighted by atomic mass is 9.85. The van der Waals surface area contributed by atoms with E-state index >= 15 is 0 Å². The van der Waals surface area contributed by atoms with Gasteiger partial charge in [0.2, 0.25) is 0 Å². The van der Waals surface area contributed by atoms with Crippen LogP contribution in [-0.4, -0.2) is 31.1 Å². The molecule has 3 aliphatic rings. The van der Waals surface area contributed by atoms with Gasteiger partial charge in [0.1, 0.15) is 0 Å². The van der Waals surface area contributed by atoms with E-state index in [1.807, 2.05) is 0 Å². The van der Waals surface area contributed by atoms with Gasteiger partial charge in [-0.05, 0) is 51.4 Å². The summed E-state index contributed by atoms with van der Waals surface area (Å²) >= 11 is 0. The summed E-state index contributed by atoms with van der Waals surface area (Å²) in [5.74, 6) is 0.843. The molecule has 20 heavy (non-hydrogen) atoms. The molecule has 3 fully saturated rings. The van der Waals surface area contributed by atoms with Gasteiger partial charge in [-0.15, -0.1) is 0 Å². The highest BCUT2D eigenvalue weighted by Crippen LogP contribution is 2.27. The van der Waals surface area contributed by atoms with Crippen LogP contribution >= 0.6 is 0 Å². The Kier molecular flexibility index (Phi) is 5.32. The van der Waals surface area contributed by atoms with Crippen molar-refractivity contribution in [2.45, 2.75) is 89.1 Å². The van der Waals surface area contributed by atoms with Gasteiger partial charge in [-0.25, -0.2) is 0 Å². The van der Waals surface area contributed by atoms with Crippen molar-refractivity contribution in [2.75, 3.05) is 6.67 Å². The Morgan fingerprint density at radius 1 is 0.850 bits per heavy atom. The highest BCUT2D eigenvalue weighted by molar-refractivity contribution is 4.89. The number of nitrogens with one attached hydrogen (secondary N) is 4. The van der Waals surface area contributed by atoms with Crippen LogP contribution in [0.5, 0.6) is 0 Å². The van der Waals surface area contributed by atoms with Gasteiger partial charge in [0.25, 0.3) is 0 Å². The van der Waals surface area contributed by atoms with Crippen LogP contribution in [-0.2, 0) is 0 Å². The second-order valence-corrected chi connectivity index (χ2v) is 7.10. The van der Waals surface area contributed by atoms with Gasteiger partial charge in [-0.1, -0.05) is 19.3 Å². The maximum absolute atomic E-state index is 3.76. The summed E-state index contributed by atoms with van der Waals surface area (Å²) < 4.78 is 0. The minimum atomic E-state index is 0.477. The number of fused-ring (bicyclic) bond motifs is 1. The molecule has 0 aromatic carbocycles. The number of piperidine rings is 2. The Morgan fingerprint density at radius 3 is 2.50 bits per heavy atom. The summed E-state index contributed by atoms with van der Waals surface area (Å²) in [6.07, 6.45) is 13.3. The maximum Gasteiger partial charge on any atom is 0.0614 e. The molecule has 0 aromatic rings. The molecule has 3 rings (SSSR count). The zero-order chi connectivity index (χ0) is 13.8. The molecule has 2 aliphatic heterocycles. The van der Waals surface area contributed by atoms with E-state index in [0.29, 0.717) is 18.4 Å². The van der Waals surface area contributed by atoms with Gasteiger partial charge < -0.3 is 5.32 Å². The molecule has 1 saturated carbocycles. The van der Waals surface area contributed by atoms with Gasteiger partial charge in [-0.2, -0.15) is 0 Å². The maximum atomic E-state index is 3.76. The molecule has 1 aliphatic carbocycles. The van der Waals surface area contributed by atoms with Crippen molar-refractivity contribution in [1.82, 2.24) is 21.3 Å². The average molecular weight is 280 g/mol. The van der Waals surface area contributed by atoms with E-state index in [1.165, 1.54) is 57.8 Å². The smallest absolute Gasteiger partial charge is 0.0614 e. The van der Waals surface area contributed by atoms with E-state index in [1.54, 1.807) is 0 Å². The van der Waals surface area contributed by atoms with Crippen LogP contribution in [0.3, 0.4) is 0 Å². The summed E-state index contributed by atoms with van der Waals surface area (Å²) in [4.78, 5) is 0. The first kappa shape index (κ1) is 14.8. The highest BCUT2D eigenvalue weighted by Gasteiger charge is 2.33. The van der Waals surface area contributed by atoms with E-state index in [4.69, 9.17) is 0 Å². The third-order valence-electron chi connectivity index (χ3n) is 5.46. The molecule has 2 saturated heterocycles. The van der Waals surface area contributed by atoms with Crippen molar-refractivity contribution in [3.63, 3.8) is 0 Å². The molecule has 4 atom stereocenters. The van der Waals surface area contributed by atoms with Crippen molar-refractivity contribution in [1.29, 1.82) is 0 Å². The van der Waals surface area contributed by atoms with E-state index in [9.17, 15) is 0 Å². The van der Waals surface area contributed by atoms with Crippen molar-refractivity contribution in [2.24, 2.45) is 5.92 Å². The molecule has 0 spiro atoms. The van der Waals surface area contributed by atoms with Crippen molar-refractivity contribution < 1.29 is 0 Å². The first-order valence-electron chi connectivity index (χ1n) is 8.80. The van der Waals surface area contributed by atoms with Crippen molar-refractivity contribution in [3.8, 4) is 0 Å². The molecule has 2 heterocycles. The SMILES string of the molecule is CC1CCC2CCC(NCNC3CCCCC3)NC2N1. The standard InChI is InChI=1S/C16H32N4/c1-12-7-8-13-9-10-15(20-16(13)19-12)18-11-17-14-5-3-2-4-6-14/h12-20H,2-11H2,1H3. The van der Waals surface area contributed by atoms with E-state index in [-0.39, 0.29) is 0 Å². The molecule has 0 aromatic heterocycles. The number of hydrogen-bond donors (Lipinski definition) is 4. The first-order chi connectivity index (χ1) is 9.81. The minimum Gasteiger partial charge on any atom is -0.302 e. The van der Waals surface area contributed by atoms with E-state index < -0.39 is 0 Å². The summed E-state index contributed by atoms with van der Waals surface area (Å²) in [5, 5.41) is 14.8. The summed E-state index contributed by atoms with van der Waals surface area (Å²) in [5.41, 5.74) is 0. The van der Waals surface area contributed by atoms with E-state index in [0.717, 1.165) is 18.6 Å². The summed E-state index contributed by atoms with van der Waals surface area (Å²) in [7, 11) is 0. The predicted octanol–water partition coefficient (Wildman–Crippen LogP) is 1.88. The molecule has 0 bridgehead atoms. The molecule has 4 unspecified atom stereocenters. The van der Waals surface area contributed by atoms with Gasteiger partial charge in [0.15, 0.2) is 0 Å². The lowest BCUT2D eigenvalue weighted by Crippen LogP contribution is -2.63. The Morgan fingerprint density at radius 2 is 1.65 bits per heavy atom.